The smallest absolute Gasteiger partial charge is 0.310 e. The van der Waals surface area contributed by atoms with E-state index < -0.39 is 0 Å². The highest BCUT2D eigenvalue weighted by Crippen LogP contribution is 2.07. The van der Waals surface area contributed by atoms with Crippen molar-refractivity contribution in [3.8, 4) is 0 Å². The molecule has 4 heteroatoms. The number of nitrogens with one attached hydrogen (secondary N) is 1. The van der Waals surface area contributed by atoms with Gasteiger partial charge in [-0.2, -0.15) is 0 Å². The number of hydrogen-bond acceptors (Lipinski definition) is 4. The fourth-order valence-corrected chi connectivity index (χ4v) is 1.33. The second-order valence-corrected chi connectivity index (χ2v) is 3.79. The van der Waals surface area contributed by atoms with Crippen molar-refractivity contribution in [2.75, 3.05) is 6.61 Å². The summed E-state index contributed by atoms with van der Waals surface area (Å²) in [5.41, 5.74) is 0. The van der Waals surface area contributed by atoms with Crippen LogP contribution in [0, 0.1) is 5.92 Å². The minimum absolute atomic E-state index is 0.0594. The molecule has 0 spiro atoms. The first-order valence-corrected chi connectivity index (χ1v) is 5.57. The van der Waals surface area contributed by atoms with Gasteiger partial charge in [-0.15, -0.1) is 0 Å². The van der Waals surface area contributed by atoms with Crippen LogP contribution < -0.4 is 5.32 Å². The molecule has 0 bridgehead atoms. The van der Waals surface area contributed by atoms with Gasteiger partial charge in [-0.3, -0.25) is 4.79 Å². The summed E-state index contributed by atoms with van der Waals surface area (Å²) in [4.78, 5) is 11.5. The molecule has 0 saturated heterocycles. The Hall–Kier alpha value is -1.29. The Labute approximate surface area is 96.0 Å². The zero-order valence-electron chi connectivity index (χ0n) is 10.0. The molecule has 0 saturated carbocycles. The van der Waals surface area contributed by atoms with Gasteiger partial charge in [-0.25, -0.2) is 0 Å². The van der Waals surface area contributed by atoms with E-state index in [0.717, 1.165) is 5.76 Å². The highest BCUT2D eigenvalue weighted by molar-refractivity contribution is 5.72. The van der Waals surface area contributed by atoms with Crippen molar-refractivity contribution in [3.05, 3.63) is 24.2 Å². The molecule has 16 heavy (non-hydrogen) atoms. The lowest BCUT2D eigenvalue weighted by molar-refractivity contribution is -0.148. The standard InChI is InChI=1S/C12H19NO3/c1-4-15-12(14)9(2)10(3)13-8-11-6-5-7-16-11/h5-7,9-10,13H,4,8H2,1-3H3. The Morgan fingerprint density at radius 2 is 2.31 bits per heavy atom. The number of furan rings is 1. The van der Waals surface area contributed by atoms with Crippen LogP contribution in [0.2, 0.25) is 0 Å². The molecule has 2 unspecified atom stereocenters. The fraction of sp³-hybridized carbons (Fsp3) is 0.583. The summed E-state index contributed by atoms with van der Waals surface area (Å²) in [6, 6.07) is 3.80. The second-order valence-electron chi connectivity index (χ2n) is 3.79. The minimum Gasteiger partial charge on any atom is -0.468 e. The predicted molar refractivity (Wildman–Crippen MR) is 60.8 cm³/mol. The quantitative estimate of drug-likeness (QED) is 0.752. The summed E-state index contributed by atoms with van der Waals surface area (Å²) in [5, 5.41) is 3.23. The van der Waals surface area contributed by atoms with E-state index in [0.29, 0.717) is 13.2 Å². The lowest BCUT2D eigenvalue weighted by Gasteiger charge is -2.19. The molecule has 90 valence electrons. The van der Waals surface area contributed by atoms with Gasteiger partial charge in [0.15, 0.2) is 0 Å². The highest BCUT2D eigenvalue weighted by atomic mass is 16.5. The SMILES string of the molecule is CCOC(=O)C(C)C(C)NCc1ccco1. The van der Waals surface area contributed by atoms with Gasteiger partial charge in [0, 0.05) is 6.04 Å². The molecule has 0 amide bonds. The molecular formula is C12H19NO3. The van der Waals surface area contributed by atoms with Gasteiger partial charge >= 0.3 is 5.97 Å². The first-order chi connectivity index (χ1) is 7.65. The van der Waals surface area contributed by atoms with Crippen LogP contribution in [0.5, 0.6) is 0 Å². The van der Waals surface area contributed by atoms with Crippen LogP contribution in [0.15, 0.2) is 22.8 Å². The Kier molecular flexibility index (Phi) is 5.05. The van der Waals surface area contributed by atoms with Crippen LogP contribution >= 0.6 is 0 Å². The zero-order valence-corrected chi connectivity index (χ0v) is 10.0. The summed E-state index contributed by atoms with van der Waals surface area (Å²) < 4.78 is 10.2. The maximum absolute atomic E-state index is 11.5. The maximum Gasteiger partial charge on any atom is 0.310 e. The van der Waals surface area contributed by atoms with Crippen molar-refractivity contribution in [1.29, 1.82) is 0 Å². The molecule has 0 aliphatic carbocycles. The van der Waals surface area contributed by atoms with Crippen molar-refractivity contribution in [2.45, 2.75) is 33.4 Å². The lowest BCUT2D eigenvalue weighted by Crippen LogP contribution is -2.36. The van der Waals surface area contributed by atoms with E-state index in [2.05, 4.69) is 5.32 Å². The molecule has 0 radical (unpaired) electrons. The zero-order chi connectivity index (χ0) is 12.0. The molecule has 0 fully saturated rings. The third kappa shape index (κ3) is 3.70. The van der Waals surface area contributed by atoms with E-state index in [1.54, 1.807) is 6.26 Å². The monoisotopic (exact) mass is 225 g/mol. The van der Waals surface area contributed by atoms with E-state index in [-0.39, 0.29) is 17.9 Å². The molecule has 0 aliphatic heterocycles. The summed E-state index contributed by atoms with van der Waals surface area (Å²) >= 11 is 0. The molecular weight excluding hydrogens is 206 g/mol. The van der Waals surface area contributed by atoms with Crippen LogP contribution in [-0.2, 0) is 16.1 Å². The van der Waals surface area contributed by atoms with Crippen molar-refractivity contribution in [1.82, 2.24) is 5.32 Å². The molecule has 1 aromatic rings. The fourth-order valence-electron chi connectivity index (χ4n) is 1.33. The van der Waals surface area contributed by atoms with E-state index >= 15 is 0 Å². The number of rotatable bonds is 6. The van der Waals surface area contributed by atoms with Crippen LogP contribution in [-0.4, -0.2) is 18.6 Å². The number of esters is 1. The summed E-state index contributed by atoms with van der Waals surface area (Å²) in [7, 11) is 0. The third-order valence-electron chi connectivity index (χ3n) is 2.59. The number of carbonyl (C=O) groups excluding carboxylic acids is 1. The third-order valence-corrected chi connectivity index (χ3v) is 2.59. The van der Waals surface area contributed by atoms with Gasteiger partial charge in [0.2, 0.25) is 0 Å². The molecule has 0 aromatic carbocycles. The molecule has 1 rings (SSSR count). The molecule has 1 heterocycles. The Morgan fingerprint density at radius 1 is 1.56 bits per heavy atom. The normalized spacial score (nSPS) is 14.4. The minimum atomic E-state index is -0.165. The van der Waals surface area contributed by atoms with Gasteiger partial charge in [0.05, 0.1) is 25.3 Å². The predicted octanol–water partition coefficient (Wildman–Crippen LogP) is 1.96. The van der Waals surface area contributed by atoms with Crippen molar-refractivity contribution < 1.29 is 13.9 Å². The maximum atomic E-state index is 11.5. The molecule has 2 atom stereocenters. The van der Waals surface area contributed by atoms with Crippen molar-refractivity contribution in [2.24, 2.45) is 5.92 Å². The van der Waals surface area contributed by atoms with Gasteiger partial charge in [0.25, 0.3) is 0 Å². The van der Waals surface area contributed by atoms with E-state index in [1.807, 2.05) is 32.9 Å². The topological polar surface area (TPSA) is 51.5 Å². The Morgan fingerprint density at radius 3 is 2.88 bits per heavy atom. The number of carbonyl (C=O) groups is 1. The first kappa shape index (κ1) is 12.8. The van der Waals surface area contributed by atoms with Crippen LogP contribution in [0.4, 0.5) is 0 Å². The highest BCUT2D eigenvalue weighted by Gasteiger charge is 2.20. The van der Waals surface area contributed by atoms with Crippen LogP contribution in [0.1, 0.15) is 26.5 Å². The first-order valence-electron chi connectivity index (χ1n) is 5.57. The average Bonchev–Trinajstić information content (AvgIpc) is 2.78. The molecule has 1 N–H and O–H groups in total. The summed E-state index contributed by atoms with van der Waals surface area (Å²) in [5.74, 6) is 0.541. The largest absolute Gasteiger partial charge is 0.468 e. The summed E-state index contributed by atoms with van der Waals surface area (Å²) in [6.07, 6.45) is 1.64. The molecule has 0 aliphatic rings. The average molecular weight is 225 g/mol. The van der Waals surface area contributed by atoms with Crippen molar-refractivity contribution in [3.63, 3.8) is 0 Å². The van der Waals surface area contributed by atoms with Crippen LogP contribution in [0.3, 0.4) is 0 Å². The van der Waals surface area contributed by atoms with E-state index in [9.17, 15) is 4.79 Å². The van der Waals surface area contributed by atoms with Gasteiger partial charge < -0.3 is 14.5 Å². The number of hydrogen-bond donors (Lipinski definition) is 1. The molecule has 4 nitrogen and oxygen atoms in total. The Balaban J connectivity index is 2.34. The molecule has 1 aromatic heterocycles. The second kappa shape index (κ2) is 6.33. The van der Waals surface area contributed by atoms with Gasteiger partial charge in [0.1, 0.15) is 5.76 Å². The summed E-state index contributed by atoms with van der Waals surface area (Å²) in [6.45, 7) is 6.68. The number of ether oxygens (including phenoxy) is 1. The van der Waals surface area contributed by atoms with Gasteiger partial charge in [-0.05, 0) is 26.0 Å². The Bertz CT molecular complexity index is 308. The van der Waals surface area contributed by atoms with Crippen LogP contribution in [0.25, 0.3) is 0 Å². The van der Waals surface area contributed by atoms with E-state index in [4.69, 9.17) is 9.15 Å². The van der Waals surface area contributed by atoms with Crippen molar-refractivity contribution >= 4 is 5.97 Å². The lowest BCUT2D eigenvalue weighted by atomic mass is 10.0. The van der Waals surface area contributed by atoms with E-state index in [1.165, 1.54) is 0 Å². The van der Waals surface area contributed by atoms with Gasteiger partial charge in [-0.1, -0.05) is 6.92 Å².